The van der Waals surface area contributed by atoms with Crippen LogP contribution in [0.2, 0.25) is 0 Å². The number of nitrogens with zero attached hydrogens (tertiary/aromatic N) is 5. The van der Waals surface area contributed by atoms with Crippen molar-refractivity contribution in [2.75, 3.05) is 44.2 Å². The largest absolute Gasteiger partial charge is 0.477 e. The molecule has 6 heterocycles. The van der Waals surface area contributed by atoms with Gasteiger partial charge in [0.1, 0.15) is 5.82 Å². The third kappa shape index (κ3) is 5.26. The molecule has 7 nitrogen and oxygen atoms in total. The van der Waals surface area contributed by atoms with Crippen molar-refractivity contribution in [3.63, 3.8) is 0 Å². The van der Waals surface area contributed by atoms with E-state index >= 15 is 0 Å². The van der Waals surface area contributed by atoms with Crippen LogP contribution >= 0.6 is 0 Å². The van der Waals surface area contributed by atoms with E-state index in [0.29, 0.717) is 31.6 Å². The zero-order chi connectivity index (χ0) is 27.7. The zero-order valence-electron chi connectivity index (χ0n) is 22.8. The predicted octanol–water partition coefficient (Wildman–Crippen LogP) is 5.06. The number of halogens is 3. The van der Waals surface area contributed by atoms with Gasteiger partial charge < -0.3 is 15.0 Å². The quantitative estimate of drug-likeness (QED) is 0.459. The van der Waals surface area contributed by atoms with Crippen molar-refractivity contribution in [1.29, 1.82) is 0 Å². The minimum atomic E-state index is -4.44. The summed E-state index contributed by atoms with van der Waals surface area (Å²) in [5.74, 6) is 0.598. The summed E-state index contributed by atoms with van der Waals surface area (Å²) < 4.78 is 47.0. The first-order valence-corrected chi connectivity index (χ1v) is 14.2. The van der Waals surface area contributed by atoms with Gasteiger partial charge in [-0.25, -0.2) is 9.97 Å². The molecule has 0 aromatic carbocycles. The molecule has 3 aliphatic heterocycles. The van der Waals surface area contributed by atoms with Crippen LogP contribution in [0, 0.1) is 0 Å². The van der Waals surface area contributed by atoms with E-state index in [1.807, 2.05) is 25.1 Å². The minimum absolute atomic E-state index is 0.0291. The molecule has 0 amide bonds. The molecule has 212 valence electrons. The van der Waals surface area contributed by atoms with Gasteiger partial charge in [-0.15, -0.1) is 0 Å². The van der Waals surface area contributed by atoms with E-state index in [-0.39, 0.29) is 11.2 Å². The van der Waals surface area contributed by atoms with Gasteiger partial charge in [0.15, 0.2) is 0 Å². The number of hydrogen-bond donors (Lipinski definition) is 1. The van der Waals surface area contributed by atoms with Crippen LogP contribution in [0.25, 0.3) is 11.3 Å². The lowest BCUT2D eigenvalue weighted by molar-refractivity contribution is -0.137. The molecule has 3 aromatic heterocycles. The molecule has 3 aliphatic rings. The predicted molar refractivity (Wildman–Crippen MR) is 147 cm³/mol. The Kier molecular flexibility index (Phi) is 7.39. The monoisotopic (exact) mass is 552 g/mol. The summed E-state index contributed by atoms with van der Waals surface area (Å²) in [6.07, 6.45) is 2.55. The molecular formula is C30H35F3N6O. The molecule has 6 rings (SSSR count). The first-order valence-electron chi connectivity index (χ1n) is 14.2. The third-order valence-electron chi connectivity index (χ3n) is 8.53. The number of alkyl halides is 3. The van der Waals surface area contributed by atoms with E-state index in [0.717, 1.165) is 68.5 Å². The summed E-state index contributed by atoms with van der Waals surface area (Å²) in [5, 5.41) is 3.62. The van der Waals surface area contributed by atoms with Crippen molar-refractivity contribution >= 4 is 5.82 Å². The van der Waals surface area contributed by atoms with Gasteiger partial charge >= 0.3 is 6.18 Å². The number of aromatic nitrogens is 3. The van der Waals surface area contributed by atoms with E-state index in [2.05, 4.69) is 26.3 Å². The summed E-state index contributed by atoms with van der Waals surface area (Å²) in [4.78, 5) is 18.0. The lowest BCUT2D eigenvalue weighted by Gasteiger charge is -2.49. The fourth-order valence-electron chi connectivity index (χ4n) is 6.67. The Balaban J connectivity index is 1.32. The maximum atomic E-state index is 13.7. The van der Waals surface area contributed by atoms with E-state index < -0.39 is 11.7 Å². The number of nitrogens with one attached hydrogen (secondary N) is 1. The van der Waals surface area contributed by atoms with Gasteiger partial charge in [-0.3, -0.25) is 9.88 Å². The van der Waals surface area contributed by atoms with Crippen LogP contribution in [-0.2, 0) is 18.1 Å². The molecule has 10 heteroatoms. The molecule has 3 aromatic rings. The molecule has 0 saturated carbocycles. The second-order valence-electron chi connectivity index (χ2n) is 11.1. The summed E-state index contributed by atoms with van der Waals surface area (Å²) in [6, 6.07) is 11.0. The standard InChI is InChI=1S/C30H35F3N6O/c1-2-40-28-22(7-4-15-36-28)25-10-9-23-26(37-25)19-38(18-21-6-3-13-34-21)20-29(23)11-16-39(17-12-29)27-24(30(31,32)33)8-5-14-35-27/h4-5,7-10,14-15,21,34H,2-3,6,11-13,16-20H2,1H3/t21-/m1/s1. The summed E-state index contributed by atoms with van der Waals surface area (Å²) in [5.41, 5.74) is 3.09. The second kappa shape index (κ2) is 11.0. The fourth-order valence-corrected chi connectivity index (χ4v) is 6.67. The molecule has 0 bridgehead atoms. The lowest BCUT2D eigenvalue weighted by Crippen LogP contribution is -2.54. The van der Waals surface area contributed by atoms with E-state index in [9.17, 15) is 13.2 Å². The minimum Gasteiger partial charge on any atom is -0.477 e. The Morgan fingerprint density at radius 1 is 1.07 bits per heavy atom. The van der Waals surface area contributed by atoms with Gasteiger partial charge in [0.2, 0.25) is 5.88 Å². The first kappa shape index (κ1) is 27.0. The van der Waals surface area contributed by atoms with Crippen LogP contribution < -0.4 is 15.0 Å². The highest BCUT2D eigenvalue weighted by atomic mass is 19.4. The highest BCUT2D eigenvalue weighted by Crippen LogP contribution is 2.44. The average Bonchev–Trinajstić information content (AvgIpc) is 3.46. The molecule has 2 saturated heterocycles. The van der Waals surface area contributed by atoms with Gasteiger partial charge in [-0.1, -0.05) is 6.07 Å². The highest BCUT2D eigenvalue weighted by Gasteiger charge is 2.45. The molecule has 40 heavy (non-hydrogen) atoms. The van der Waals surface area contributed by atoms with Gasteiger partial charge in [-0.05, 0) is 75.0 Å². The van der Waals surface area contributed by atoms with Crippen molar-refractivity contribution in [3.8, 4) is 17.1 Å². The van der Waals surface area contributed by atoms with Crippen LogP contribution in [0.3, 0.4) is 0 Å². The first-order chi connectivity index (χ1) is 19.4. The number of ether oxygens (including phenoxy) is 1. The lowest BCUT2D eigenvalue weighted by atomic mass is 9.69. The molecule has 1 spiro atoms. The normalized spacial score (nSPS) is 21.0. The van der Waals surface area contributed by atoms with Crippen LogP contribution in [0.4, 0.5) is 19.0 Å². The molecule has 2 fully saturated rings. The molecule has 1 atom stereocenters. The number of rotatable bonds is 6. The van der Waals surface area contributed by atoms with Crippen molar-refractivity contribution in [3.05, 3.63) is 65.6 Å². The van der Waals surface area contributed by atoms with Crippen LogP contribution in [-0.4, -0.2) is 65.2 Å². The Morgan fingerprint density at radius 2 is 1.88 bits per heavy atom. The molecule has 1 N–H and O–H groups in total. The molecular weight excluding hydrogens is 517 g/mol. The Bertz CT molecular complexity index is 1340. The van der Waals surface area contributed by atoms with Crippen LogP contribution in [0.1, 0.15) is 49.4 Å². The number of pyridine rings is 3. The van der Waals surface area contributed by atoms with E-state index in [4.69, 9.17) is 9.72 Å². The SMILES string of the molecule is CCOc1ncccc1-c1ccc2c(n1)CN(C[C@H]1CCCN1)CC21CCN(c2ncccc2C(F)(F)F)CC1. The summed E-state index contributed by atoms with van der Waals surface area (Å²) >= 11 is 0. The van der Waals surface area contributed by atoms with Crippen LogP contribution in [0.5, 0.6) is 5.88 Å². The fraction of sp³-hybridized carbons (Fsp3) is 0.500. The van der Waals surface area contributed by atoms with Gasteiger partial charge in [0.25, 0.3) is 0 Å². The van der Waals surface area contributed by atoms with E-state index in [1.54, 1.807) is 11.1 Å². The number of fused-ring (bicyclic) bond motifs is 2. The topological polar surface area (TPSA) is 66.4 Å². The number of hydrogen-bond acceptors (Lipinski definition) is 7. The Hall–Kier alpha value is -3.24. The average molecular weight is 553 g/mol. The number of anilines is 1. The van der Waals surface area contributed by atoms with Crippen molar-refractivity contribution in [2.24, 2.45) is 0 Å². The van der Waals surface area contributed by atoms with E-state index in [1.165, 1.54) is 24.2 Å². The highest BCUT2D eigenvalue weighted by molar-refractivity contribution is 5.65. The van der Waals surface area contributed by atoms with Crippen molar-refractivity contribution < 1.29 is 17.9 Å². The Labute approximate surface area is 232 Å². The van der Waals surface area contributed by atoms with Crippen LogP contribution in [0.15, 0.2) is 48.8 Å². The van der Waals surface area contributed by atoms with Crippen molar-refractivity contribution in [1.82, 2.24) is 25.2 Å². The number of piperidine rings is 1. The summed E-state index contributed by atoms with van der Waals surface area (Å²) in [6.45, 7) is 7.07. The second-order valence-corrected chi connectivity index (χ2v) is 11.1. The van der Waals surface area contributed by atoms with Gasteiger partial charge in [0, 0.05) is 56.6 Å². The van der Waals surface area contributed by atoms with Crippen molar-refractivity contribution in [2.45, 2.75) is 56.8 Å². The third-order valence-corrected chi connectivity index (χ3v) is 8.53. The maximum absolute atomic E-state index is 13.7. The van der Waals surface area contributed by atoms with Gasteiger partial charge in [-0.2, -0.15) is 13.2 Å². The zero-order valence-corrected chi connectivity index (χ0v) is 22.8. The smallest absolute Gasteiger partial charge is 0.419 e. The molecule has 0 unspecified atom stereocenters. The Morgan fingerprint density at radius 3 is 2.62 bits per heavy atom. The molecule has 0 radical (unpaired) electrons. The van der Waals surface area contributed by atoms with Gasteiger partial charge in [0.05, 0.1) is 29.1 Å². The molecule has 0 aliphatic carbocycles. The summed E-state index contributed by atoms with van der Waals surface area (Å²) in [7, 11) is 0. The maximum Gasteiger partial charge on any atom is 0.419 e.